The first-order valence-electron chi connectivity index (χ1n) is 9.80. The fourth-order valence-corrected chi connectivity index (χ4v) is 11.3. The van der Waals surface area contributed by atoms with Crippen molar-refractivity contribution in [3.05, 3.63) is 72.8 Å². The molecule has 4 atom stereocenters. The summed E-state index contributed by atoms with van der Waals surface area (Å²) < 4.78 is 0. The van der Waals surface area contributed by atoms with E-state index in [4.69, 9.17) is 0 Å². The van der Waals surface area contributed by atoms with E-state index in [2.05, 4.69) is 79.3 Å². The molecule has 2 bridgehead atoms. The second-order valence-corrected chi connectivity index (χ2v) is 12.6. The molecule has 0 spiro atoms. The molecule has 2 fully saturated rings. The third kappa shape index (κ3) is 2.32. The Morgan fingerprint density at radius 3 is 2.28 bits per heavy atom. The average molecular weight is 343 g/mol. The molecule has 0 aliphatic heterocycles. The molecule has 0 N–H and O–H groups in total. The Kier molecular flexibility index (Phi) is 3.60. The molecule has 0 heterocycles. The Balaban J connectivity index is 1.75. The van der Waals surface area contributed by atoms with Crippen molar-refractivity contribution in [2.45, 2.75) is 37.8 Å². The van der Waals surface area contributed by atoms with Gasteiger partial charge in [0.05, 0.1) is 0 Å². The van der Waals surface area contributed by atoms with Crippen molar-refractivity contribution in [1.29, 1.82) is 0 Å². The lowest BCUT2D eigenvalue weighted by Gasteiger charge is -2.40. The molecule has 3 aromatic rings. The maximum absolute atomic E-state index is 2.66. The first-order valence-corrected chi connectivity index (χ1v) is 12.4. The molecule has 0 saturated heterocycles. The van der Waals surface area contributed by atoms with E-state index in [0.29, 0.717) is 0 Å². The zero-order chi connectivity index (χ0) is 16.9. The topological polar surface area (TPSA) is 0 Å². The molecule has 0 amide bonds. The minimum Gasteiger partial charge on any atom is -0.0626 e. The summed E-state index contributed by atoms with van der Waals surface area (Å²) in [6.45, 7) is 2.66. The average Bonchev–Trinajstić information content (AvgIpc) is 3.31. The fraction of sp³-hybridized carbons (Fsp3) is 0.333. The zero-order valence-electron chi connectivity index (χ0n) is 15.0. The van der Waals surface area contributed by atoms with Crippen LogP contribution in [0, 0.1) is 11.8 Å². The molecule has 3 aromatic carbocycles. The molecule has 0 radical (unpaired) electrons. The van der Waals surface area contributed by atoms with Crippen LogP contribution in [0.4, 0.5) is 0 Å². The minimum absolute atomic E-state index is 0.902. The van der Waals surface area contributed by atoms with E-state index in [1.54, 1.807) is 10.4 Å². The molecular formula is C24H26Si. The molecule has 4 unspecified atom stereocenters. The van der Waals surface area contributed by atoms with Crippen LogP contribution in [0.15, 0.2) is 72.8 Å². The van der Waals surface area contributed by atoms with Gasteiger partial charge in [0, 0.05) is 0 Å². The van der Waals surface area contributed by atoms with E-state index < -0.39 is 8.07 Å². The summed E-state index contributed by atoms with van der Waals surface area (Å²) >= 11 is 0. The second kappa shape index (κ2) is 5.84. The smallest absolute Gasteiger partial charge is 0.0626 e. The predicted molar refractivity (Wildman–Crippen MR) is 110 cm³/mol. The number of hydrogen-bond acceptors (Lipinski definition) is 0. The molecule has 126 valence electrons. The highest BCUT2D eigenvalue weighted by atomic mass is 28.3. The van der Waals surface area contributed by atoms with Crippen LogP contribution >= 0.6 is 0 Å². The Bertz CT molecular complexity index is 895. The summed E-state index contributed by atoms with van der Waals surface area (Å²) in [5.41, 5.74) is 0.902. The molecule has 1 heteroatoms. The summed E-state index contributed by atoms with van der Waals surface area (Å²) in [6, 6.07) is 27.5. The molecule has 2 aliphatic carbocycles. The van der Waals surface area contributed by atoms with Crippen molar-refractivity contribution in [2.75, 3.05) is 0 Å². The Labute approximate surface area is 151 Å². The zero-order valence-corrected chi connectivity index (χ0v) is 16.0. The first kappa shape index (κ1) is 15.4. The largest absolute Gasteiger partial charge is 0.119 e. The van der Waals surface area contributed by atoms with Gasteiger partial charge in [-0.25, -0.2) is 0 Å². The molecule has 5 rings (SSSR count). The van der Waals surface area contributed by atoms with Crippen LogP contribution in [0.2, 0.25) is 12.1 Å². The van der Waals surface area contributed by atoms with Gasteiger partial charge in [-0.05, 0) is 46.2 Å². The van der Waals surface area contributed by atoms with Crippen LogP contribution in [-0.2, 0) is 0 Å². The molecule has 0 aromatic heterocycles. The van der Waals surface area contributed by atoms with Crippen LogP contribution in [0.25, 0.3) is 10.8 Å². The molecule has 2 saturated carbocycles. The lowest BCUT2D eigenvalue weighted by atomic mass is 10.0. The van der Waals surface area contributed by atoms with Gasteiger partial charge in [0.1, 0.15) is 8.07 Å². The van der Waals surface area contributed by atoms with Crippen LogP contribution < -0.4 is 10.4 Å². The van der Waals surface area contributed by atoms with Crippen LogP contribution in [0.1, 0.15) is 25.7 Å². The Hall–Kier alpha value is -1.86. The van der Waals surface area contributed by atoms with Gasteiger partial charge in [-0.15, -0.1) is 0 Å². The van der Waals surface area contributed by atoms with Gasteiger partial charge in [0.25, 0.3) is 0 Å². The summed E-state index contributed by atoms with van der Waals surface area (Å²) in [4.78, 5) is 0. The highest BCUT2D eigenvalue weighted by Gasteiger charge is 2.51. The standard InChI is InChI=1S/C24H26Si/c1-25(21-10-3-2-4-11-21,24-17-18-14-15-20(24)16-18)23-13-7-9-19-8-5-6-12-22(19)23/h2-13,18,20,24H,14-17H2,1H3. The van der Waals surface area contributed by atoms with Crippen LogP contribution in [0.5, 0.6) is 0 Å². The van der Waals surface area contributed by atoms with Crippen molar-refractivity contribution in [3.63, 3.8) is 0 Å². The van der Waals surface area contributed by atoms with E-state index in [-0.39, 0.29) is 0 Å². The third-order valence-electron chi connectivity index (χ3n) is 7.20. The lowest BCUT2D eigenvalue weighted by Crippen LogP contribution is -2.60. The fourth-order valence-electron chi connectivity index (χ4n) is 5.98. The van der Waals surface area contributed by atoms with Crippen molar-refractivity contribution in [3.8, 4) is 0 Å². The van der Waals surface area contributed by atoms with E-state index in [1.165, 1.54) is 36.5 Å². The highest BCUT2D eigenvalue weighted by molar-refractivity contribution is 7.03. The van der Waals surface area contributed by atoms with Crippen molar-refractivity contribution < 1.29 is 0 Å². The number of rotatable bonds is 3. The van der Waals surface area contributed by atoms with Gasteiger partial charge in [0.2, 0.25) is 0 Å². The third-order valence-corrected chi connectivity index (χ3v) is 12.5. The molecule has 25 heavy (non-hydrogen) atoms. The van der Waals surface area contributed by atoms with Gasteiger partial charge in [0.15, 0.2) is 0 Å². The van der Waals surface area contributed by atoms with Gasteiger partial charge < -0.3 is 0 Å². The SMILES string of the molecule is C[Si](c1ccccc1)(c1cccc2ccccc12)C1CC2CCC1C2. The summed E-state index contributed by atoms with van der Waals surface area (Å²) in [7, 11) is -1.79. The van der Waals surface area contributed by atoms with Gasteiger partial charge >= 0.3 is 0 Å². The minimum atomic E-state index is -1.79. The molecular weight excluding hydrogens is 316 g/mol. The van der Waals surface area contributed by atoms with Gasteiger partial charge in [-0.2, -0.15) is 0 Å². The summed E-state index contributed by atoms with van der Waals surface area (Å²) in [5.74, 6) is 1.96. The van der Waals surface area contributed by atoms with Crippen molar-refractivity contribution >= 4 is 29.2 Å². The van der Waals surface area contributed by atoms with E-state index >= 15 is 0 Å². The quantitative estimate of drug-likeness (QED) is 0.572. The number of hydrogen-bond donors (Lipinski definition) is 0. The van der Waals surface area contributed by atoms with Crippen LogP contribution in [0.3, 0.4) is 0 Å². The predicted octanol–water partition coefficient (Wildman–Crippen LogP) is 5.22. The van der Waals surface area contributed by atoms with Gasteiger partial charge in [-0.1, -0.05) is 97.4 Å². The maximum atomic E-state index is 2.66. The van der Waals surface area contributed by atoms with Crippen LogP contribution in [-0.4, -0.2) is 8.07 Å². The van der Waals surface area contributed by atoms with Gasteiger partial charge in [-0.3, -0.25) is 0 Å². The first-order chi connectivity index (χ1) is 12.3. The highest BCUT2D eigenvalue weighted by Crippen LogP contribution is 2.55. The Morgan fingerprint density at radius 1 is 0.760 bits per heavy atom. The molecule has 0 nitrogen and oxygen atoms in total. The maximum Gasteiger partial charge on any atom is 0.119 e. The summed E-state index contributed by atoms with van der Waals surface area (Å²) in [5, 5.41) is 6.18. The van der Waals surface area contributed by atoms with Crippen molar-refractivity contribution in [2.24, 2.45) is 11.8 Å². The van der Waals surface area contributed by atoms with E-state index in [1.807, 2.05) is 0 Å². The summed E-state index contributed by atoms with van der Waals surface area (Å²) in [6.07, 6.45) is 5.90. The van der Waals surface area contributed by atoms with E-state index in [0.717, 1.165) is 17.4 Å². The second-order valence-electron chi connectivity index (χ2n) is 8.38. The monoisotopic (exact) mass is 342 g/mol. The van der Waals surface area contributed by atoms with E-state index in [9.17, 15) is 0 Å². The van der Waals surface area contributed by atoms with Crippen molar-refractivity contribution in [1.82, 2.24) is 0 Å². The number of fused-ring (bicyclic) bond motifs is 3. The number of benzene rings is 3. The normalized spacial score (nSPS) is 27.5. The Morgan fingerprint density at radius 2 is 1.52 bits per heavy atom. The lowest BCUT2D eigenvalue weighted by molar-refractivity contribution is 0.472. The molecule has 2 aliphatic rings.